The molecular formula is C15H15N3O6S. The minimum atomic E-state index is -3.52. The smallest absolute Gasteiger partial charge is 0.395 e. The summed E-state index contributed by atoms with van der Waals surface area (Å²) in [6.07, 6.45) is 1.70. The monoisotopic (exact) mass is 365 g/mol. The van der Waals surface area contributed by atoms with Crippen molar-refractivity contribution in [1.82, 2.24) is 4.31 Å². The Morgan fingerprint density at radius 3 is 2.32 bits per heavy atom. The number of sulfonamides is 1. The van der Waals surface area contributed by atoms with Crippen LogP contribution in [0.1, 0.15) is 23.4 Å². The van der Waals surface area contributed by atoms with Gasteiger partial charge in [-0.15, -0.1) is 0 Å². The number of rotatable bonds is 5. The van der Waals surface area contributed by atoms with E-state index >= 15 is 0 Å². The summed E-state index contributed by atoms with van der Waals surface area (Å²) in [4.78, 5) is 22.0. The molecule has 10 heteroatoms. The van der Waals surface area contributed by atoms with E-state index in [0.29, 0.717) is 18.8 Å². The van der Waals surface area contributed by atoms with E-state index in [-0.39, 0.29) is 10.7 Å². The van der Waals surface area contributed by atoms with Gasteiger partial charge in [0.15, 0.2) is 5.76 Å². The first-order valence-corrected chi connectivity index (χ1v) is 8.98. The summed E-state index contributed by atoms with van der Waals surface area (Å²) >= 11 is 0. The van der Waals surface area contributed by atoms with Crippen LogP contribution in [0.2, 0.25) is 0 Å². The van der Waals surface area contributed by atoms with Crippen LogP contribution in [-0.2, 0) is 10.0 Å². The molecule has 25 heavy (non-hydrogen) atoms. The Hall–Kier alpha value is -2.72. The van der Waals surface area contributed by atoms with Gasteiger partial charge in [-0.2, -0.15) is 4.31 Å². The molecule has 0 spiro atoms. The van der Waals surface area contributed by atoms with Gasteiger partial charge in [0, 0.05) is 18.8 Å². The van der Waals surface area contributed by atoms with Crippen molar-refractivity contribution in [3.05, 3.63) is 52.3 Å². The van der Waals surface area contributed by atoms with Gasteiger partial charge in [-0.05, 0) is 43.2 Å². The minimum Gasteiger partial charge on any atom is -0.395 e. The maximum atomic E-state index is 12.4. The highest BCUT2D eigenvalue weighted by Gasteiger charge is 2.27. The number of anilines is 1. The van der Waals surface area contributed by atoms with E-state index in [2.05, 4.69) is 5.32 Å². The number of furan rings is 1. The first-order valence-electron chi connectivity index (χ1n) is 7.54. The van der Waals surface area contributed by atoms with Gasteiger partial charge in [0.2, 0.25) is 10.0 Å². The van der Waals surface area contributed by atoms with E-state index in [1.807, 2.05) is 0 Å². The lowest BCUT2D eigenvalue weighted by atomic mass is 10.3. The fourth-order valence-corrected chi connectivity index (χ4v) is 4.05. The molecule has 1 fully saturated rings. The van der Waals surface area contributed by atoms with E-state index in [9.17, 15) is 23.3 Å². The molecular weight excluding hydrogens is 350 g/mol. The number of nitro groups is 1. The number of carbonyl (C=O) groups is 1. The Balaban J connectivity index is 1.71. The fraction of sp³-hybridized carbons (Fsp3) is 0.267. The first kappa shape index (κ1) is 17.1. The topological polar surface area (TPSA) is 123 Å². The molecule has 0 atom stereocenters. The van der Waals surface area contributed by atoms with E-state index < -0.39 is 26.7 Å². The Morgan fingerprint density at radius 1 is 1.12 bits per heavy atom. The van der Waals surface area contributed by atoms with Gasteiger partial charge in [0.1, 0.15) is 4.92 Å². The quantitative estimate of drug-likeness (QED) is 0.640. The molecule has 132 valence electrons. The van der Waals surface area contributed by atoms with Crippen LogP contribution in [0.25, 0.3) is 0 Å². The van der Waals surface area contributed by atoms with Gasteiger partial charge in [-0.3, -0.25) is 14.9 Å². The Morgan fingerprint density at radius 2 is 1.76 bits per heavy atom. The van der Waals surface area contributed by atoms with Crippen molar-refractivity contribution in [2.45, 2.75) is 17.7 Å². The van der Waals surface area contributed by atoms with Crippen molar-refractivity contribution in [3.63, 3.8) is 0 Å². The number of amides is 1. The second-order valence-electron chi connectivity index (χ2n) is 5.48. The zero-order chi connectivity index (χ0) is 18.0. The van der Waals surface area contributed by atoms with Gasteiger partial charge < -0.3 is 9.73 Å². The third-order valence-corrected chi connectivity index (χ3v) is 5.72. The van der Waals surface area contributed by atoms with Crippen molar-refractivity contribution >= 4 is 27.5 Å². The minimum absolute atomic E-state index is 0.154. The summed E-state index contributed by atoms with van der Waals surface area (Å²) in [5.74, 6) is -1.40. The van der Waals surface area contributed by atoms with E-state index in [1.54, 1.807) is 0 Å². The predicted octanol–water partition coefficient (Wildman–Crippen LogP) is 2.22. The predicted molar refractivity (Wildman–Crippen MR) is 87.8 cm³/mol. The highest BCUT2D eigenvalue weighted by Crippen LogP contribution is 2.23. The molecule has 0 saturated carbocycles. The molecule has 2 aromatic rings. The molecule has 1 aliphatic rings. The van der Waals surface area contributed by atoms with Crippen LogP contribution in [0.4, 0.5) is 11.6 Å². The summed E-state index contributed by atoms with van der Waals surface area (Å²) in [5.41, 5.74) is 0.351. The zero-order valence-corrected chi connectivity index (χ0v) is 13.9. The lowest BCUT2D eigenvalue weighted by Gasteiger charge is -2.15. The standard InChI is InChI=1S/C15H15N3O6S/c19-15(13-7-8-14(24-13)18(20)21)16-11-3-5-12(6-4-11)25(22,23)17-9-1-2-10-17/h3-8H,1-2,9-10H2,(H,16,19). The van der Waals surface area contributed by atoms with Crippen LogP contribution in [-0.4, -0.2) is 36.6 Å². The van der Waals surface area contributed by atoms with Gasteiger partial charge in [-0.1, -0.05) is 0 Å². The van der Waals surface area contributed by atoms with Crippen molar-refractivity contribution in [3.8, 4) is 0 Å². The molecule has 9 nitrogen and oxygen atoms in total. The van der Waals surface area contributed by atoms with Crippen molar-refractivity contribution in [2.75, 3.05) is 18.4 Å². The van der Waals surface area contributed by atoms with Crippen LogP contribution in [0.5, 0.6) is 0 Å². The normalized spacial score (nSPS) is 15.2. The summed E-state index contributed by atoms with van der Waals surface area (Å²) in [5, 5.41) is 13.0. The molecule has 1 aromatic carbocycles. The van der Waals surface area contributed by atoms with Gasteiger partial charge >= 0.3 is 5.88 Å². The average Bonchev–Trinajstić information content (AvgIpc) is 3.27. The number of carbonyl (C=O) groups excluding carboxylic acids is 1. The van der Waals surface area contributed by atoms with Crippen LogP contribution < -0.4 is 5.32 Å². The lowest BCUT2D eigenvalue weighted by molar-refractivity contribution is -0.402. The third kappa shape index (κ3) is 3.54. The van der Waals surface area contributed by atoms with Gasteiger partial charge in [0.05, 0.1) is 11.0 Å². The second kappa shape index (κ2) is 6.65. The fourth-order valence-electron chi connectivity index (χ4n) is 2.53. The molecule has 1 saturated heterocycles. The maximum absolute atomic E-state index is 12.4. The van der Waals surface area contributed by atoms with Crippen molar-refractivity contribution in [2.24, 2.45) is 0 Å². The Kier molecular flexibility index (Phi) is 4.55. The first-order chi connectivity index (χ1) is 11.9. The van der Waals surface area contributed by atoms with E-state index in [1.165, 1.54) is 34.6 Å². The Labute approximate surface area is 143 Å². The maximum Gasteiger partial charge on any atom is 0.433 e. The molecule has 1 aromatic heterocycles. The molecule has 1 N–H and O–H groups in total. The average molecular weight is 365 g/mol. The highest BCUT2D eigenvalue weighted by atomic mass is 32.2. The van der Waals surface area contributed by atoms with Crippen molar-refractivity contribution in [1.29, 1.82) is 0 Å². The molecule has 2 heterocycles. The van der Waals surface area contributed by atoms with Crippen molar-refractivity contribution < 1.29 is 22.6 Å². The second-order valence-corrected chi connectivity index (χ2v) is 7.42. The molecule has 0 unspecified atom stereocenters. The number of hydrogen-bond acceptors (Lipinski definition) is 6. The van der Waals surface area contributed by atoms with Crippen LogP contribution in [0, 0.1) is 10.1 Å². The number of nitrogens with zero attached hydrogens (tertiary/aromatic N) is 2. The van der Waals surface area contributed by atoms with Gasteiger partial charge in [-0.25, -0.2) is 8.42 Å². The van der Waals surface area contributed by atoms with Gasteiger partial charge in [0.25, 0.3) is 5.91 Å². The molecule has 0 bridgehead atoms. The molecule has 1 aliphatic heterocycles. The van der Waals surface area contributed by atoms with Crippen LogP contribution in [0.15, 0.2) is 45.7 Å². The molecule has 1 amide bonds. The lowest BCUT2D eigenvalue weighted by Crippen LogP contribution is -2.27. The molecule has 0 aliphatic carbocycles. The largest absolute Gasteiger partial charge is 0.433 e. The number of benzene rings is 1. The summed E-state index contributed by atoms with van der Waals surface area (Å²) in [6, 6.07) is 8.01. The third-order valence-electron chi connectivity index (χ3n) is 3.81. The van der Waals surface area contributed by atoms with E-state index in [0.717, 1.165) is 18.9 Å². The van der Waals surface area contributed by atoms with E-state index in [4.69, 9.17) is 4.42 Å². The SMILES string of the molecule is O=C(Nc1ccc(S(=O)(=O)N2CCCC2)cc1)c1ccc([N+](=O)[O-])o1. The zero-order valence-electron chi connectivity index (χ0n) is 13.0. The number of hydrogen-bond donors (Lipinski definition) is 1. The van der Waals surface area contributed by atoms with Crippen LogP contribution >= 0.6 is 0 Å². The number of nitrogens with one attached hydrogen (secondary N) is 1. The van der Waals surface area contributed by atoms with Crippen LogP contribution in [0.3, 0.4) is 0 Å². The molecule has 0 radical (unpaired) electrons. The Bertz CT molecular complexity index is 898. The highest BCUT2D eigenvalue weighted by molar-refractivity contribution is 7.89. The summed E-state index contributed by atoms with van der Waals surface area (Å²) in [6.45, 7) is 1.02. The summed E-state index contributed by atoms with van der Waals surface area (Å²) in [7, 11) is -3.52. The molecule has 3 rings (SSSR count). The summed E-state index contributed by atoms with van der Waals surface area (Å²) < 4.78 is 31.1.